The summed E-state index contributed by atoms with van der Waals surface area (Å²) in [6.45, 7) is 6.44. The maximum Gasteiger partial charge on any atom is 0.220 e. The molecular formula is C14H27NO. The fourth-order valence-electron chi connectivity index (χ4n) is 2.75. The Kier molecular flexibility index (Phi) is 5.86. The standard InChI is InChI=1S/C14H27NO/c1-4-7-12-8-5-6-9-13(12)15-14(16)10-11(2)3/h11-13H,4-10H2,1-3H3,(H,15,16)/t12-,13-/m0/s1. The van der Waals surface area contributed by atoms with E-state index in [1.165, 1.54) is 38.5 Å². The smallest absolute Gasteiger partial charge is 0.220 e. The zero-order chi connectivity index (χ0) is 12.0. The lowest BCUT2D eigenvalue weighted by molar-refractivity contribution is -0.123. The predicted octanol–water partition coefficient (Wildman–Crippen LogP) is 3.51. The van der Waals surface area contributed by atoms with Gasteiger partial charge in [0.25, 0.3) is 0 Å². The average molecular weight is 225 g/mol. The van der Waals surface area contributed by atoms with Gasteiger partial charge in [0.15, 0.2) is 0 Å². The topological polar surface area (TPSA) is 29.1 Å². The van der Waals surface area contributed by atoms with Crippen LogP contribution in [0.2, 0.25) is 0 Å². The van der Waals surface area contributed by atoms with Gasteiger partial charge in [0, 0.05) is 12.5 Å². The highest BCUT2D eigenvalue weighted by Gasteiger charge is 2.25. The van der Waals surface area contributed by atoms with E-state index in [0.29, 0.717) is 18.4 Å². The largest absolute Gasteiger partial charge is 0.353 e. The van der Waals surface area contributed by atoms with Crippen LogP contribution in [0, 0.1) is 11.8 Å². The molecule has 1 amide bonds. The number of hydrogen-bond acceptors (Lipinski definition) is 1. The number of hydrogen-bond donors (Lipinski definition) is 1. The third-order valence-electron chi connectivity index (χ3n) is 3.51. The molecular weight excluding hydrogens is 198 g/mol. The highest BCUT2D eigenvalue weighted by molar-refractivity contribution is 5.76. The summed E-state index contributed by atoms with van der Waals surface area (Å²) in [6, 6.07) is 0.458. The zero-order valence-corrected chi connectivity index (χ0v) is 11.1. The fourth-order valence-corrected chi connectivity index (χ4v) is 2.75. The van der Waals surface area contributed by atoms with Gasteiger partial charge >= 0.3 is 0 Å². The monoisotopic (exact) mass is 225 g/mol. The van der Waals surface area contributed by atoms with E-state index in [4.69, 9.17) is 0 Å². The summed E-state index contributed by atoms with van der Waals surface area (Å²) >= 11 is 0. The van der Waals surface area contributed by atoms with Crippen LogP contribution in [0.5, 0.6) is 0 Å². The lowest BCUT2D eigenvalue weighted by atomic mass is 9.81. The number of amides is 1. The van der Waals surface area contributed by atoms with Crippen molar-refractivity contribution in [2.75, 3.05) is 0 Å². The lowest BCUT2D eigenvalue weighted by Gasteiger charge is -2.32. The predicted molar refractivity (Wildman–Crippen MR) is 68.3 cm³/mol. The molecule has 2 nitrogen and oxygen atoms in total. The van der Waals surface area contributed by atoms with E-state index >= 15 is 0 Å². The fraction of sp³-hybridized carbons (Fsp3) is 0.929. The Morgan fingerprint density at radius 2 is 2.00 bits per heavy atom. The van der Waals surface area contributed by atoms with Crippen molar-refractivity contribution >= 4 is 5.91 Å². The van der Waals surface area contributed by atoms with Crippen LogP contribution in [0.4, 0.5) is 0 Å². The van der Waals surface area contributed by atoms with Crippen LogP contribution in [0.15, 0.2) is 0 Å². The van der Waals surface area contributed by atoms with Gasteiger partial charge in [0.05, 0.1) is 0 Å². The molecule has 0 saturated heterocycles. The van der Waals surface area contributed by atoms with Crippen molar-refractivity contribution in [1.82, 2.24) is 5.32 Å². The Morgan fingerprint density at radius 1 is 1.31 bits per heavy atom. The molecule has 1 fully saturated rings. The summed E-state index contributed by atoms with van der Waals surface area (Å²) in [6.07, 6.45) is 8.31. The minimum Gasteiger partial charge on any atom is -0.353 e. The minimum atomic E-state index is 0.253. The molecule has 0 spiro atoms. The molecule has 1 N–H and O–H groups in total. The van der Waals surface area contributed by atoms with Crippen LogP contribution in [-0.4, -0.2) is 11.9 Å². The van der Waals surface area contributed by atoms with E-state index in [2.05, 4.69) is 26.1 Å². The van der Waals surface area contributed by atoms with Gasteiger partial charge in [0.1, 0.15) is 0 Å². The van der Waals surface area contributed by atoms with E-state index in [1.807, 2.05) is 0 Å². The van der Waals surface area contributed by atoms with Crippen molar-refractivity contribution < 1.29 is 4.79 Å². The maximum absolute atomic E-state index is 11.8. The van der Waals surface area contributed by atoms with Gasteiger partial charge in [-0.3, -0.25) is 4.79 Å². The molecule has 0 radical (unpaired) electrons. The molecule has 1 rings (SSSR count). The molecule has 2 heteroatoms. The van der Waals surface area contributed by atoms with Crippen molar-refractivity contribution in [1.29, 1.82) is 0 Å². The van der Waals surface area contributed by atoms with Crippen molar-refractivity contribution in [2.24, 2.45) is 11.8 Å². The normalized spacial score (nSPS) is 25.8. The first-order valence-corrected chi connectivity index (χ1v) is 6.92. The summed E-state index contributed by atoms with van der Waals surface area (Å²) in [7, 11) is 0. The number of rotatable bonds is 5. The number of nitrogens with one attached hydrogen (secondary N) is 1. The molecule has 1 aliphatic carbocycles. The third-order valence-corrected chi connectivity index (χ3v) is 3.51. The van der Waals surface area contributed by atoms with E-state index in [1.54, 1.807) is 0 Å². The molecule has 0 aliphatic heterocycles. The van der Waals surface area contributed by atoms with Gasteiger partial charge in [-0.2, -0.15) is 0 Å². The van der Waals surface area contributed by atoms with Crippen LogP contribution in [-0.2, 0) is 4.79 Å². The van der Waals surface area contributed by atoms with E-state index < -0.39 is 0 Å². The van der Waals surface area contributed by atoms with Crippen LogP contribution in [0.25, 0.3) is 0 Å². The average Bonchev–Trinajstić information content (AvgIpc) is 2.20. The summed E-state index contributed by atoms with van der Waals surface area (Å²) < 4.78 is 0. The van der Waals surface area contributed by atoms with Crippen LogP contribution in [0.1, 0.15) is 65.7 Å². The van der Waals surface area contributed by atoms with Gasteiger partial charge in [-0.25, -0.2) is 0 Å². The molecule has 0 heterocycles. The summed E-state index contributed by atoms with van der Waals surface area (Å²) in [5.41, 5.74) is 0. The molecule has 0 unspecified atom stereocenters. The maximum atomic E-state index is 11.8. The van der Waals surface area contributed by atoms with Crippen LogP contribution >= 0.6 is 0 Å². The molecule has 0 aromatic carbocycles. The first-order valence-electron chi connectivity index (χ1n) is 6.92. The second-order valence-electron chi connectivity index (χ2n) is 5.61. The molecule has 1 aliphatic rings. The highest BCUT2D eigenvalue weighted by Crippen LogP contribution is 2.28. The van der Waals surface area contributed by atoms with Gasteiger partial charge in [-0.1, -0.05) is 40.0 Å². The van der Waals surface area contributed by atoms with Gasteiger partial charge < -0.3 is 5.32 Å². The minimum absolute atomic E-state index is 0.253. The summed E-state index contributed by atoms with van der Waals surface area (Å²) in [4.78, 5) is 11.8. The second-order valence-corrected chi connectivity index (χ2v) is 5.61. The zero-order valence-electron chi connectivity index (χ0n) is 11.1. The molecule has 16 heavy (non-hydrogen) atoms. The SMILES string of the molecule is CCC[C@H]1CCCC[C@@H]1NC(=O)CC(C)C. The Hall–Kier alpha value is -0.530. The van der Waals surface area contributed by atoms with Crippen molar-refractivity contribution in [3.05, 3.63) is 0 Å². The van der Waals surface area contributed by atoms with E-state index in [-0.39, 0.29) is 5.91 Å². The van der Waals surface area contributed by atoms with Crippen molar-refractivity contribution in [3.8, 4) is 0 Å². The van der Waals surface area contributed by atoms with E-state index in [0.717, 1.165) is 5.92 Å². The first-order chi connectivity index (χ1) is 7.63. The Bertz CT molecular complexity index is 211. The Morgan fingerprint density at radius 3 is 2.62 bits per heavy atom. The summed E-state index contributed by atoms with van der Waals surface area (Å²) in [5.74, 6) is 1.45. The lowest BCUT2D eigenvalue weighted by Crippen LogP contribution is -2.42. The van der Waals surface area contributed by atoms with Gasteiger partial charge in [0.2, 0.25) is 5.91 Å². The van der Waals surface area contributed by atoms with Crippen molar-refractivity contribution in [2.45, 2.75) is 71.8 Å². The molecule has 0 aromatic rings. The van der Waals surface area contributed by atoms with Crippen molar-refractivity contribution in [3.63, 3.8) is 0 Å². The highest BCUT2D eigenvalue weighted by atomic mass is 16.1. The number of carbonyl (C=O) groups is 1. The Balaban J connectivity index is 2.39. The first kappa shape index (κ1) is 13.5. The summed E-state index contributed by atoms with van der Waals surface area (Å²) in [5, 5.41) is 3.25. The molecule has 1 saturated carbocycles. The quantitative estimate of drug-likeness (QED) is 0.762. The van der Waals surface area contributed by atoms with Gasteiger partial charge in [-0.15, -0.1) is 0 Å². The van der Waals surface area contributed by atoms with Crippen LogP contribution in [0.3, 0.4) is 0 Å². The Labute approximate surface area is 100 Å². The molecule has 2 atom stereocenters. The van der Waals surface area contributed by atoms with Crippen LogP contribution < -0.4 is 5.32 Å². The van der Waals surface area contributed by atoms with Gasteiger partial charge in [-0.05, 0) is 31.1 Å². The molecule has 0 bridgehead atoms. The third kappa shape index (κ3) is 4.54. The molecule has 94 valence electrons. The van der Waals surface area contributed by atoms with E-state index in [9.17, 15) is 4.79 Å². The second kappa shape index (κ2) is 6.93. The molecule has 0 aromatic heterocycles. The number of carbonyl (C=O) groups excluding carboxylic acids is 1.